The number of carbonyl (C=O) groups excluding carboxylic acids is 1. The molecule has 2 aromatic rings. The molecule has 0 aliphatic rings. The number of halogens is 1. The topological polar surface area (TPSA) is 95.9 Å². The maximum absolute atomic E-state index is 11.2. The van der Waals surface area contributed by atoms with Crippen LogP contribution >= 0.6 is 11.6 Å². The van der Waals surface area contributed by atoms with Crippen LogP contribution in [0.2, 0.25) is 0 Å². The van der Waals surface area contributed by atoms with E-state index in [4.69, 9.17) is 21.0 Å². The summed E-state index contributed by atoms with van der Waals surface area (Å²) in [4.78, 5) is 10.7. The number of rotatable bonds is 4. The molecule has 0 saturated carbocycles. The molecule has 23 heavy (non-hydrogen) atoms. The molecule has 0 saturated heterocycles. The summed E-state index contributed by atoms with van der Waals surface area (Å²) < 4.78 is 23.8. The number of anilines is 1. The van der Waals surface area contributed by atoms with Gasteiger partial charge in [-0.2, -0.15) is 0 Å². The maximum atomic E-state index is 11.2. The van der Waals surface area contributed by atoms with E-state index in [0.717, 1.165) is 0 Å². The number of carbonyl (C=O) groups is 1. The molecule has 1 atom stereocenters. The number of alkyl halides is 1. The molecule has 0 radical (unpaired) electrons. The van der Waals surface area contributed by atoms with Gasteiger partial charge in [-0.1, -0.05) is 30.3 Å². The molecular formula is C15H17AsClNO5. The molecular weight excluding hydrogens is 385 g/mol. The van der Waals surface area contributed by atoms with Crippen LogP contribution in [0.5, 0.6) is 0 Å². The van der Waals surface area contributed by atoms with Crippen molar-refractivity contribution in [3.8, 4) is 0 Å². The minimum atomic E-state index is -4.76. The Labute approximate surface area is 142 Å². The Morgan fingerprint density at radius 3 is 2.13 bits per heavy atom. The van der Waals surface area contributed by atoms with Crippen LogP contribution in [-0.4, -0.2) is 29.4 Å². The molecule has 0 heterocycles. The third kappa shape index (κ3) is 7.03. The van der Waals surface area contributed by atoms with Crippen molar-refractivity contribution in [2.45, 2.75) is 12.8 Å². The van der Waals surface area contributed by atoms with Crippen LogP contribution in [0.25, 0.3) is 0 Å². The SMILES string of the molecule is CC(=O)Nc1ccc([As](=O)(O)OO)cc1.ClCc1ccccc1. The van der Waals surface area contributed by atoms with Crippen molar-refractivity contribution in [3.05, 3.63) is 60.2 Å². The van der Waals surface area contributed by atoms with Crippen molar-refractivity contribution < 1.29 is 21.8 Å². The molecule has 8 heteroatoms. The van der Waals surface area contributed by atoms with Crippen molar-refractivity contribution in [1.82, 2.24) is 0 Å². The fraction of sp³-hybridized carbons (Fsp3) is 0.133. The van der Waals surface area contributed by atoms with Gasteiger partial charge in [0.05, 0.1) is 0 Å². The van der Waals surface area contributed by atoms with E-state index in [1.54, 1.807) is 0 Å². The molecule has 0 spiro atoms. The van der Waals surface area contributed by atoms with Crippen LogP contribution in [-0.2, 0) is 18.3 Å². The van der Waals surface area contributed by atoms with Gasteiger partial charge >= 0.3 is 88.4 Å². The van der Waals surface area contributed by atoms with Gasteiger partial charge in [-0.15, -0.1) is 11.6 Å². The fourth-order valence-corrected chi connectivity index (χ4v) is 3.03. The third-order valence-electron chi connectivity index (χ3n) is 2.62. The zero-order chi connectivity index (χ0) is 17.3. The summed E-state index contributed by atoms with van der Waals surface area (Å²) in [6, 6.07) is 15.5. The van der Waals surface area contributed by atoms with Gasteiger partial charge in [0.15, 0.2) is 0 Å². The predicted octanol–water partition coefficient (Wildman–Crippen LogP) is 2.13. The van der Waals surface area contributed by atoms with E-state index in [1.165, 1.54) is 36.8 Å². The largest absolute Gasteiger partial charge is 0.122 e. The van der Waals surface area contributed by atoms with Gasteiger partial charge in [0.2, 0.25) is 0 Å². The van der Waals surface area contributed by atoms with E-state index in [1.807, 2.05) is 30.3 Å². The summed E-state index contributed by atoms with van der Waals surface area (Å²) in [6.45, 7) is 1.35. The number of hydrogen-bond donors (Lipinski definition) is 3. The van der Waals surface area contributed by atoms with Crippen LogP contribution in [0.15, 0.2) is 54.6 Å². The van der Waals surface area contributed by atoms with Crippen molar-refractivity contribution in [1.29, 1.82) is 0 Å². The molecule has 0 aromatic heterocycles. The molecule has 2 aromatic carbocycles. The molecule has 2 rings (SSSR count). The molecule has 1 unspecified atom stereocenters. The van der Waals surface area contributed by atoms with E-state index in [9.17, 15) is 8.53 Å². The zero-order valence-corrected chi connectivity index (χ0v) is 15.0. The Morgan fingerprint density at radius 2 is 1.74 bits per heavy atom. The van der Waals surface area contributed by atoms with E-state index in [-0.39, 0.29) is 10.3 Å². The van der Waals surface area contributed by atoms with Crippen LogP contribution in [0, 0.1) is 0 Å². The summed E-state index contributed by atoms with van der Waals surface area (Å²) in [6.07, 6.45) is 0. The van der Waals surface area contributed by atoms with Gasteiger partial charge in [0, 0.05) is 5.88 Å². The Balaban J connectivity index is 0.000000277. The van der Waals surface area contributed by atoms with Gasteiger partial charge in [-0.05, 0) is 5.56 Å². The van der Waals surface area contributed by atoms with Crippen LogP contribution in [0.1, 0.15) is 12.5 Å². The molecule has 0 aliphatic heterocycles. The van der Waals surface area contributed by atoms with Crippen molar-refractivity contribution >= 4 is 41.7 Å². The van der Waals surface area contributed by atoms with Crippen molar-refractivity contribution in [2.75, 3.05) is 5.32 Å². The summed E-state index contributed by atoms with van der Waals surface area (Å²) in [5.74, 6) is 0.375. The number of hydrogen-bond acceptors (Lipinski definition) is 4. The quantitative estimate of drug-likeness (QED) is 0.316. The normalized spacial score (nSPS) is 12.5. The first-order valence-corrected chi connectivity index (χ1v) is 10.4. The molecule has 3 N–H and O–H groups in total. The minimum absolute atomic E-state index is 0.00438. The Morgan fingerprint density at radius 1 is 1.17 bits per heavy atom. The van der Waals surface area contributed by atoms with Crippen molar-refractivity contribution in [3.63, 3.8) is 0 Å². The monoisotopic (exact) mass is 401 g/mol. The molecule has 6 nitrogen and oxygen atoms in total. The zero-order valence-electron chi connectivity index (χ0n) is 12.3. The second kappa shape index (κ2) is 9.55. The van der Waals surface area contributed by atoms with Crippen LogP contribution < -0.4 is 9.67 Å². The first kappa shape index (κ1) is 19.5. The molecule has 0 bridgehead atoms. The van der Waals surface area contributed by atoms with Crippen LogP contribution in [0.4, 0.5) is 5.69 Å². The Hall–Kier alpha value is -1.56. The summed E-state index contributed by atoms with van der Waals surface area (Å²) in [7, 11) is 0. The van der Waals surface area contributed by atoms with Crippen LogP contribution in [0.3, 0.4) is 0 Å². The van der Waals surface area contributed by atoms with E-state index >= 15 is 0 Å². The van der Waals surface area contributed by atoms with E-state index in [2.05, 4.69) is 9.19 Å². The smallest absolute Gasteiger partial charge is 0.0474 e. The number of benzene rings is 2. The molecule has 0 aliphatic carbocycles. The minimum Gasteiger partial charge on any atom is -0.122 e. The van der Waals surface area contributed by atoms with Gasteiger partial charge in [-0.25, -0.2) is 0 Å². The molecule has 124 valence electrons. The third-order valence-corrected chi connectivity index (χ3v) is 5.39. The van der Waals surface area contributed by atoms with Gasteiger partial charge < -0.3 is 0 Å². The first-order valence-electron chi connectivity index (χ1n) is 6.53. The first-order chi connectivity index (χ1) is 10.9. The second-order valence-corrected chi connectivity index (χ2v) is 8.33. The average Bonchev–Trinajstić information content (AvgIpc) is 2.56. The summed E-state index contributed by atoms with van der Waals surface area (Å²) in [5.41, 5.74) is 1.67. The second-order valence-electron chi connectivity index (χ2n) is 4.45. The Bertz CT molecular complexity index is 663. The van der Waals surface area contributed by atoms with Gasteiger partial charge in [-0.3, -0.25) is 0 Å². The number of nitrogens with one attached hydrogen (secondary N) is 1. The van der Waals surface area contributed by atoms with E-state index < -0.39 is 14.2 Å². The standard InChI is InChI=1S/C8H10AsNO5.C7H7Cl/c1-6(11)10-8-4-2-7(3-5-8)9(12,13)15-14;8-6-7-4-2-1-3-5-7/h2-5,14H,1H3,(H,10,11)(H,12,13);1-5H,6H2. The van der Waals surface area contributed by atoms with Gasteiger partial charge in [0.1, 0.15) is 0 Å². The van der Waals surface area contributed by atoms with E-state index in [0.29, 0.717) is 11.6 Å². The fourth-order valence-electron chi connectivity index (χ4n) is 1.55. The molecule has 1 amide bonds. The summed E-state index contributed by atoms with van der Waals surface area (Å²) >= 11 is 0.763. The van der Waals surface area contributed by atoms with Crippen molar-refractivity contribution in [2.24, 2.45) is 0 Å². The summed E-state index contributed by atoms with van der Waals surface area (Å²) in [5, 5.41) is 10.7. The van der Waals surface area contributed by atoms with Gasteiger partial charge in [0.25, 0.3) is 0 Å². The Kier molecular flexibility index (Phi) is 8.09. The number of amides is 1. The predicted molar refractivity (Wildman–Crippen MR) is 88.8 cm³/mol. The average molecular weight is 402 g/mol. The maximum Gasteiger partial charge on any atom is 0.0474 e. The molecule has 0 fully saturated rings.